The maximum atomic E-state index is 12.3. The van der Waals surface area contributed by atoms with Crippen molar-refractivity contribution < 1.29 is 9.53 Å². The third kappa shape index (κ3) is 3.12. The normalized spacial score (nSPS) is 11.1. The van der Waals surface area contributed by atoms with E-state index in [0.29, 0.717) is 5.56 Å². The molecule has 3 rings (SSSR count). The molecule has 2 aromatic heterocycles. The molecule has 0 saturated heterocycles. The van der Waals surface area contributed by atoms with Crippen LogP contribution in [-0.4, -0.2) is 27.6 Å². The molecule has 0 spiro atoms. The van der Waals surface area contributed by atoms with Crippen LogP contribution in [0.2, 0.25) is 0 Å². The molecule has 7 nitrogen and oxygen atoms in total. The van der Waals surface area contributed by atoms with E-state index in [9.17, 15) is 14.4 Å². The molecule has 0 aliphatic carbocycles. The number of carbonyl (C=O) groups excluding carboxylic acids is 1. The summed E-state index contributed by atoms with van der Waals surface area (Å²) < 4.78 is 5.89. The molecule has 0 aliphatic rings. The monoisotopic (exact) mass is 337 g/mol. The van der Waals surface area contributed by atoms with Crippen molar-refractivity contribution in [3.05, 3.63) is 74.1 Å². The summed E-state index contributed by atoms with van der Waals surface area (Å²) in [5.74, 6) is -0.649. The van der Waals surface area contributed by atoms with Gasteiger partial charge >= 0.3 is 11.7 Å². The Morgan fingerprint density at radius 2 is 1.92 bits per heavy atom. The van der Waals surface area contributed by atoms with Gasteiger partial charge in [-0.3, -0.25) is 14.3 Å². The predicted molar refractivity (Wildman–Crippen MR) is 94.3 cm³/mol. The second-order valence-corrected chi connectivity index (χ2v) is 5.35. The van der Waals surface area contributed by atoms with Crippen LogP contribution in [0.1, 0.15) is 21.6 Å². The van der Waals surface area contributed by atoms with Crippen molar-refractivity contribution in [2.75, 3.05) is 7.11 Å². The topological polar surface area (TPSA) is 94.0 Å². The van der Waals surface area contributed by atoms with Crippen LogP contribution in [0.3, 0.4) is 0 Å². The highest BCUT2D eigenvalue weighted by molar-refractivity contribution is 5.95. The van der Waals surface area contributed by atoms with E-state index >= 15 is 0 Å². The molecular weight excluding hydrogens is 322 g/mol. The number of hydrogen-bond acceptors (Lipinski definition) is 5. The van der Waals surface area contributed by atoms with E-state index in [-0.39, 0.29) is 16.7 Å². The Kier molecular flexibility index (Phi) is 4.30. The summed E-state index contributed by atoms with van der Waals surface area (Å²) in [7, 11) is 2.71. The van der Waals surface area contributed by atoms with E-state index in [0.717, 1.165) is 5.56 Å². The smallest absolute Gasteiger partial charge is 0.356 e. The number of esters is 1. The number of rotatable bonds is 3. The molecule has 0 fully saturated rings. The number of nitrogens with zero attached hydrogens (tertiary/aromatic N) is 2. The number of carbonyl (C=O) groups is 1. The van der Waals surface area contributed by atoms with Gasteiger partial charge in [-0.15, -0.1) is 0 Å². The zero-order valence-corrected chi connectivity index (χ0v) is 13.6. The average molecular weight is 337 g/mol. The van der Waals surface area contributed by atoms with Crippen LogP contribution in [0.5, 0.6) is 0 Å². The lowest BCUT2D eigenvalue weighted by atomic mass is 10.1. The summed E-state index contributed by atoms with van der Waals surface area (Å²) in [5.41, 5.74) is 0.354. The fraction of sp³-hybridized carbons (Fsp3) is 0.111. The van der Waals surface area contributed by atoms with E-state index in [2.05, 4.69) is 9.97 Å². The van der Waals surface area contributed by atoms with Gasteiger partial charge in [0.05, 0.1) is 12.5 Å². The van der Waals surface area contributed by atoms with Gasteiger partial charge in [0.25, 0.3) is 5.56 Å². The van der Waals surface area contributed by atoms with E-state index < -0.39 is 17.2 Å². The number of benzene rings is 1. The van der Waals surface area contributed by atoms with Crippen LogP contribution < -0.4 is 11.2 Å². The maximum Gasteiger partial charge on any atom is 0.356 e. The summed E-state index contributed by atoms with van der Waals surface area (Å²) in [6, 6.07) is 11.0. The molecule has 7 heteroatoms. The Morgan fingerprint density at radius 1 is 1.20 bits per heavy atom. The molecule has 0 bridgehead atoms. The fourth-order valence-corrected chi connectivity index (χ4v) is 2.46. The van der Waals surface area contributed by atoms with Crippen LogP contribution in [0.15, 0.2) is 46.0 Å². The zero-order chi connectivity index (χ0) is 18.0. The number of aromatic amines is 1. The molecule has 0 amide bonds. The molecule has 1 N–H and O–H groups in total. The van der Waals surface area contributed by atoms with E-state index in [4.69, 9.17) is 4.74 Å². The van der Waals surface area contributed by atoms with Crippen molar-refractivity contribution in [3.8, 4) is 0 Å². The molecule has 0 unspecified atom stereocenters. The van der Waals surface area contributed by atoms with Gasteiger partial charge in [0.2, 0.25) is 0 Å². The van der Waals surface area contributed by atoms with Crippen molar-refractivity contribution in [2.45, 2.75) is 0 Å². The maximum absolute atomic E-state index is 12.3. The van der Waals surface area contributed by atoms with E-state index in [1.165, 1.54) is 24.8 Å². The van der Waals surface area contributed by atoms with Gasteiger partial charge in [-0.25, -0.2) is 14.6 Å². The van der Waals surface area contributed by atoms with Gasteiger partial charge in [-0.1, -0.05) is 42.5 Å². The largest absolute Gasteiger partial charge is 0.464 e. The summed E-state index contributed by atoms with van der Waals surface area (Å²) in [4.78, 5) is 42.3. The minimum Gasteiger partial charge on any atom is -0.464 e. The number of fused-ring (bicyclic) bond motifs is 1. The Morgan fingerprint density at radius 3 is 2.60 bits per heavy atom. The fourth-order valence-electron chi connectivity index (χ4n) is 2.46. The Bertz CT molecular complexity index is 1090. The van der Waals surface area contributed by atoms with Crippen LogP contribution in [-0.2, 0) is 11.8 Å². The van der Waals surface area contributed by atoms with Gasteiger partial charge in [-0.2, -0.15) is 0 Å². The van der Waals surface area contributed by atoms with Crippen molar-refractivity contribution >= 4 is 29.2 Å². The first-order chi connectivity index (χ1) is 12.0. The first-order valence-corrected chi connectivity index (χ1v) is 7.47. The molecule has 1 aromatic carbocycles. The van der Waals surface area contributed by atoms with Gasteiger partial charge < -0.3 is 4.74 Å². The van der Waals surface area contributed by atoms with Gasteiger partial charge in [0, 0.05) is 7.05 Å². The first kappa shape index (κ1) is 16.4. The Hall–Kier alpha value is -3.48. The minimum atomic E-state index is -0.649. The molecule has 3 aromatic rings. The number of methoxy groups -OCH3 is 1. The van der Waals surface area contributed by atoms with E-state index in [1.54, 1.807) is 12.2 Å². The van der Waals surface area contributed by atoms with Crippen molar-refractivity contribution in [1.82, 2.24) is 14.5 Å². The number of pyridine rings is 1. The number of nitrogens with one attached hydrogen (secondary N) is 1. The number of H-pyrrole nitrogens is 1. The average Bonchev–Trinajstić information content (AvgIpc) is 2.63. The van der Waals surface area contributed by atoms with Crippen molar-refractivity contribution in [1.29, 1.82) is 0 Å². The number of hydrogen-bond donors (Lipinski definition) is 1. The predicted octanol–water partition coefficient (Wildman–Crippen LogP) is 1.58. The SMILES string of the molecule is COC(=O)c1cc(C=Cc2ccccc2)c2c(=O)[nH]c(=O)n(C)c2n1. The molecule has 0 saturated carbocycles. The second kappa shape index (κ2) is 6.56. The third-order valence-electron chi connectivity index (χ3n) is 3.75. The van der Waals surface area contributed by atoms with Crippen molar-refractivity contribution in [3.63, 3.8) is 0 Å². The van der Waals surface area contributed by atoms with Crippen LogP contribution in [0.4, 0.5) is 0 Å². The van der Waals surface area contributed by atoms with Crippen LogP contribution >= 0.6 is 0 Å². The molecule has 126 valence electrons. The number of aryl methyl sites for hydroxylation is 1. The molecule has 0 atom stereocenters. The highest BCUT2D eigenvalue weighted by Crippen LogP contribution is 2.17. The number of aromatic nitrogens is 3. The van der Waals surface area contributed by atoms with Gasteiger partial charge in [-0.05, 0) is 17.2 Å². The lowest BCUT2D eigenvalue weighted by Crippen LogP contribution is -2.30. The summed E-state index contributed by atoms with van der Waals surface area (Å²) in [6.07, 6.45) is 3.51. The van der Waals surface area contributed by atoms with Crippen LogP contribution in [0, 0.1) is 0 Å². The highest BCUT2D eigenvalue weighted by Gasteiger charge is 2.16. The summed E-state index contributed by atoms with van der Waals surface area (Å²) in [5, 5.41) is 0.224. The van der Waals surface area contributed by atoms with Gasteiger partial charge in [0.1, 0.15) is 0 Å². The minimum absolute atomic E-state index is 0.0170. The number of ether oxygens (including phenoxy) is 1. The quantitative estimate of drug-likeness (QED) is 0.732. The van der Waals surface area contributed by atoms with Gasteiger partial charge in [0.15, 0.2) is 11.3 Å². The van der Waals surface area contributed by atoms with Crippen LogP contribution in [0.25, 0.3) is 23.2 Å². The molecule has 0 aliphatic heterocycles. The lowest BCUT2D eigenvalue weighted by Gasteiger charge is -2.08. The van der Waals surface area contributed by atoms with Crippen molar-refractivity contribution in [2.24, 2.45) is 7.05 Å². The molecule has 0 radical (unpaired) electrons. The molecule has 2 heterocycles. The highest BCUT2D eigenvalue weighted by atomic mass is 16.5. The zero-order valence-electron chi connectivity index (χ0n) is 13.6. The summed E-state index contributed by atoms with van der Waals surface area (Å²) >= 11 is 0. The molecule has 25 heavy (non-hydrogen) atoms. The van der Waals surface area contributed by atoms with E-state index in [1.807, 2.05) is 30.3 Å². The third-order valence-corrected chi connectivity index (χ3v) is 3.75. The standard InChI is InChI=1S/C18H15N3O4/c1-21-15-14(16(22)20-18(21)24)12(10-13(19-15)17(23)25-2)9-8-11-6-4-3-5-7-11/h3-10H,1-2H3,(H,20,22,24). The Labute approximate surface area is 142 Å². The summed E-state index contributed by atoms with van der Waals surface area (Å²) in [6.45, 7) is 0. The lowest BCUT2D eigenvalue weighted by molar-refractivity contribution is 0.0594. The first-order valence-electron chi connectivity index (χ1n) is 7.47. The molecular formula is C18H15N3O4. The second-order valence-electron chi connectivity index (χ2n) is 5.35. The Balaban J connectivity index is 2.30.